The Balaban J connectivity index is 2.41. The predicted molar refractivity (Wildman–Crippen MR) is 93.3 cm³/mol. The number of nitro groups is 1. The van der Waals surface area contributed by atoms with Crippen LogP contribution in [-0.2, 0) is 9.53 Å². The second-order valence-corrected chi connectivity index (χ2v) is 6.83. The highest BCUT2D eigenvalue weighted by atomic mass is 32.1. The molecule has 1 aliphatic heterocycles. The molecule has 8 heteroatoms. The lowest BCUT2D eigenvalue weighted by Gasteiger charge is -2.31. The Bertz CT molecular complexity index is 720. The van der Waals surface area contributed by atoms with E-state index in [1.54, 1.807) is 39.8 Å². The monoisotopic (exact) mass is 349 g/mol. The summed E-state index contributed by atoms with van der Waals surface area (Å²) < 4.78 is 5.47. The Morgan fingerprint density at radius 3 is 2.38 bits per heavy atom. The van der Waals surface area contributed by atoms with Crippen molar-refractivity contribution >= 4 is 29.0 Å². The first-order chi connectivity index (χ1) is 11.1. The van der Waals surface area contributed by atoms with Gasteiger partial charge in [0, 0.05) is 17.8 Å². The van der Waals surface area contributed by atoms with Crippen molar-refractivity contribution in [3.8, 4) is 0 Å². The Labute approximate surface area is 145 Å². The largest absolute Gasteiger partial charge is 0.456 e. The van der Waals surface area contributed by atoms with Gasteiger partial charge in [0.1, 0.15) is 5.60 Å². The number of rotatable bonds is 3. The Hall–Kier alpha value is -2.48. The highest BCUT2D eigenvalue weighted by Gasteiger charge is 2.33. The van der Waals surface area contributed by atoms with Crippen LogP contribution >= 0.6 is 12.2 Å². The minimum absolute atomic E-state index is 0.0187. The molecule has 0 saturated carbocycles. The van der Waals surface area contributed by atoms with Crippen LogP contribution in [0.5, 0.6) is 0 Å². The Kier molecular flexibility index (Phi) is 4.88. The van der Waals surface area contributed by atoms with Crippen LogP contribution in [0.15, 0.2) is 35.5 Å². The molecule has 0 spiro atoms. The van der Waals surface area contributed by atoms with Crippen molar-refractivity contribution < 1.29 is 14.5 Å². The second-order valence-electron chi connectivity index (χ2n) is 6.42. The normalized spacial score (nSPS) is 17.8. The number of allylic oxidation sites excluding steroid dienone is 1. The molecule has 1 aromatic rings. The maximum absolute atomic E-state index is 12.6. The molecular weight excluding hydrogens is 330 g/mol. The van der Waals surface area contributed by atoms with Gasteiger partial charge in [-0.2, -0.15) is 0 Å². The fraction of sp³-hybridized carbons (Fsp3) is 0.375. The van der Waals surface area contributed by atoms with Crippen molar-refractivity contribution in [3.05, 3.63) is 51.2 Å². The third kappa shape index (κ3) is 4.08. The zero-order valence-electron chi connectivity index (χ0n) is 13.9. The van der Waals surface area contributed by atoms with E-state index < -0.39 is 22.5 Å². The van der Waals surface area contributed by atoms with E-state index in [9.17, 15) is 14.9 Å². The van der Waals surface area contributed by atoms with Crippen LogP contribution in [0, 0.1) is 10.1 Å². The first-order valence-corrected chi connectivity index (χ1v) is 7.75. The van der Waals surface area contributed by atoms with Crippen molar-refractivity contribution in [1.29, 1.82) is 0 Å². The number of non-ortho nitro benzene ring substituents is 1. The van der Waals surface area contributed by atoms with Crippen molar-refractivity contribution in [2.75, 3.05) is 0 Å². The minimum Gasteiger partial charge on any atom is -0.456 e. The van der Waals surface area contributed by atoms with E-state index in [4.69, 9.17) is 17.0 Å². The summed E-state index contributed by atoms with van der Waals surface area (Å²) in [4.78, 5) is 22.9. The lowest BCUT2D eigenvalue weighted by molar-refractivity contribution is -0.384. The van der Waals surface area contributed by atoms with Gasteiger partial charge in [-0.1, -0.05) is 0 Å². The fourth-order valence-electron chi connectivity index (χ4n) is 2.34. The summed E-state index contributed by atoms with van der Waals surface area (Å²) in [5, 5.41) is 17.1. The van der Waals surface area contributed by atoms with Crippen molar-refractivity contribution in [2.45, 2.75) is 39.3 Å². The summed E-state index contributed by atoms with van der Waals surface area (Å²) in [6.07, 6.45) is 0. The number of benzene rings is 1. The Morgan fingerprint density at radius 1 is 1.29 bits per heavy atom. The second kappa shape index (κ2) is 6.56. The van der Waals surface area contributed by atoms with Gasteiger partial charge in [-0.25, -0.2) is 4.79 Å². The minimum atomic E-state index is -0.637. The summed E-state index contributed by atoms with van der Waals surface area (Å²) >= 11 is 5.16. The maximum Gasteiger partial charge on any atom is 0.338 e. The van der Waals surface area contributed by atoms with Crippen LogP contribution in [-0.4, -0.2) is 21.6 Å². The van der Waals surface area contributed by atoms with Gasteiger partial charge in [0.05, 0.1) is 16.5 Å². The number of nitro benzene ring substituents is 1. The van der Waals surface area contributed by atoms with E-state index in [-0.39, 0.29) is 5.69 Å². The number of esters is 1. The molecule has 1 unspecified atom stereocenters. The molecular formula is C16H19N3O4S. The number of carbonyl (C=O) groups excluding carboxylic acids is 1. The average molecular weight is 349 g/mol. The van der Waals surface area contributed by atoms with Gasteiger partial charge in [0.2, 0.25) is 0 Å². The van der Waals surface area contributed by atoms with Crippen LogP contribution in [0.4, 0.5) is 5.69 Å². The molecule has 0 amide bonds. The molecule has 0 saturated heterocycles. The molecule has 1 atom stereocenters. The van der Waals surface area contributed by atoms with E-state index in [0.29, 0.717) is 21.9 Å². The van der Waals surface area contributed by atoms with Gasteiger partial charge in [-0.3, -0.25) is 10.1 Å². The average Bonchev–Trinajstić information content (AvgIpc) is 2.44. The van der Waals surface area contributed by atoms with Crippen LogP contribution in [0.2, 0.25) is 0 Å². The van der Waals surface area contributed by atoms with Gasteiger partial charge in [-0.05, 0) is 57.6 Å². The molecule has 2 N–H and O–H groups in total. The lowest BCUT2D eigenvalue weighted by Crippen LogP contribution is -2.45. The fourth-order valence-corrected chi connectivity index (χ4v) is 2.61. The van der Waals surface area contributed by atoms with E-state index in [1.807, 2.05) is 0 Å². The van der Waals surface area contributed by atoms with Gasteiger partial charge < -0.3 is 15.4 Å². The summed E-state index contributed by atoms with van der Waals surface area (Å²) in [5.74, 6) is -0.467. The molecule has 7 nitrogen and oxygen atoms in total. The smallest absolute Gasteiger partial charge is 0.338 e. The summed E-state index contributed by atoms with van der Waals surface area (Å²) in [6, 6.07) is 5.45. The topological polar surface area (TPSA) is 93.5 Å². The zero-order chi connectivity index (χ0) is 18.1. The summed E-state index contributed by atoms with van der Waals surface area (Å²) in [7, 11) is 0. The van der Waals surface area contributed by atoms with Gasteiger partial charge in [0.15, 0.2) is 5.11 Å². The number of carbonyl (C=O) groups is 1. The molecule has 0 radical (unpaired) electrons. The SMILES string of the molecule is CC1=C(C(=O)OC(C)(C)C)C(c2ccc([N+](=O)[O-])cc2)NC(=S)N1. The molecule has 0 aliphatic carbocycles. The van der Waals surface area contributed by atoms with Crippen LogP contribution in [0.1, 0.15) is 39.3 Å². The van der Waals surface area contributed by atoms with Crippen LogP contribution in [0.3, 0.4) is 0 Å². The molecule has 0 fully saturated rings. The van der Waals surface area contributed by atoms with Crippen molar-refractivity contribution in [2.24, 2.45) is 0 Å². The molecule has 1 aromatic carbocycles. The van der Waals surface area contributed by atoms with E-state index in [1.165, 1.54) is 12.1 Å². The third-order valence-electron chi connectivity index (χ3n) is 3.33. The van der Waals surface area contributed by atoms with Gasteiger partial charge in [0.25, 0.3) is 5.69 Å². The summed E-state index contributed by atoms with van der Waals surface area (Å²) in [5.41, 5.74) is 1.02. The highest BCUT2D eigenvalue weighted by molar-refractivity contribution is 7.80. The Morgan fingerprint density at radius 2 is 1.88 bits per heavy atom. The number of nitrogens with one attached hydrogen (secondary N) is 2. The van der Waals surface area contributed by atoms with Crippen molar-refractivity contribution in [3.63, 3.8) is 0 Å². The van der Waals surface area contributed by atoms with Gasteiger partial charge in [-0.15, -0.1) is 0 Å². The molecule has 2 rings (SSSR count). The summed E-state index contributed by atoms with van der Waals surface area (Å²) in [6.45, 7) is 7.10. The standard InChI is InChI=1S/C16H19N3O4S/c1-9-12(14(20)23-16(2,3)4)13(18-15(24)17-9)10-5-7-11(8-6-10)19(21)22/h5-8,13H,1-4H3,(H2,17,18,24). The van der Waals surface area contributed by atoms with E-state index in [2.05, 4.69) is 10.6 Å². The maximum atomic E-state index is 12.6. The molecule has 0 aromatic heterocycles. The number of hydrogen-bond acceptors (Lipinski definition) is 5. The zero-order valence-corrected chi connectivity index (χ0v) is 14.7. The quantitative estimate of drug-likeness (QED) is 0.375. The third-order valence-corrected chi connectivity index (χ3v) is 3.55. The number of nitrogens with zero attached hydrogens (tertiary/aromatic N) is 1. The number of ether oxygens (including phenoxy) is 1. The molecule has 0 bridgehead atoms. The van der Waals surface area contributed by atoms with Crippen molar-refractivity contribution in [1.82, 2.24) is 10.6 Å². The van der Waals surface area contributed by atoms with Crippen LogP contribution in [0.25, 0.3) is 0 Å². The molecule has 128 valence electrons. The first-order valence-electron chi connectivity index (χ1n) is 7.34. The van der Waals surface area contributed by atoms with Crippen LogP contribution < -0.4 is 10.6 Å². The first kappa shape index (κ1) is 17.9. The molecule has 1 aliphatic rings. The number of hydrogen-bond donors (Lipinski definition) is 2. The molecule has 1 heterocycles. The number of thiocarbonyl (C=S) groups is 1. The van der Waals surface area contributed by atoms with E-state index in [0.717, 1.165) is 0 Å². The van der Waals surface area contributed by atoms with E-state index >= 15 is 0 Å². The highest BCUT2D eigenvalue weighted by Crippen LogP contribution is 2.29. The predicted octanol–water partition coefficient (Wildman–Crippen LogP) is 2.73. The van der Waals surface area contributed by atoms with Gasteiger partial charge >= 0.3 is 5.97 Å². The molecule has 24 heavy (non-hydrogen) atoms. The lowest BCUT2D eigenvalue weighted by atomic mass is 9.95.